The summed E-state index contributed by atoms with van der Waals surface area (Å²) in [6, 6.07) is 0. The summed E-state index contributed by atoms with van der Waals surface area (Å²) in [7, 11) is 0. The molecule has 0 aromatic rings. The number of ketones is 3. The highest BCUT2D eigenvalue weighted by atomic mass is 17.1. The first kappa shape index (κ1) is 23.9. The second kappa shape index (κ2) is 8.94. The van der Waals surface area contributed by atoms with E-state index in [2.05, 4.69) is 4.89 Å². The second-order valence-corrected chi connectivity index (χ2v) is 8.34. The van der Waals surface area contributed by atoms with Gasteiger partial charge in [-0.05, 0) is 52.2 Å². The maximum atomic E-state index is 12.9. The maximum Gasteiger partial charge on any atom is 0.195 e. The second-order valence-electron chi connectivity index (χ2n) is 8.34. The largest absolute Gasteiger partial charge is 0.508 e. The molecule has 1 rings (SSSR count). The van der Waals surface area contributed by atoms with Gasteiger partial charge in [-0.3, -0.25) is 19.6 Å². The fourth-order valence-electron chi connectivity index (χ4n) is 2.93. The van der Waals surface area contributed by atoms with E-state index >= 15 is 0 Å². The molecule has 1 unspecified atom stereocenters. The maximum absolute atomic E-state index is 12.9. The molecule has 0 aliphatic heterocycles. The first-order chi connectivity index (χ1) is 12.8. The van der Waals surface area contributed by atoms with E-state index in [0.717, 1.165) is 11.6 Å². The molecule has 0 bridgehead atoms. The van der Waals surface area contributed by atoms with Gasteiger partial charge in [0, 0.05) is 6.42 Å². The van der Waals surface area contributed by atoms with E-state index in [4.69, 9.17) is 5.26 Å². The highest BCUT2D eigenvalue weighted by Crippen LogP contribution is 2.41. The van der Waals surface area contributed by atoms with Crippen molar-refractivity contribution in [1.29, 1.82) is 0 Å². The molecule has 2 atom stereocenters. The van der Waals surface area contributed by atoms with E-state index in [1.165, 1.54) is 19.9 Å². The molecule has 3 N–H and O–H groups in total. The van der Waals surface area contributed by atoms with Gasteiger partial charge in [-0.25, -0.2) is 4.89 Å². The number of hydrogen-bond donors (Lipinski definition) is 3. The number of aliphatic hydroxyl groups is 2. The van der Waals surface area contributed by atoms with Crippen molar-refractivity contribution in [2.24, 2.45) is 11.8 Å². The van der Waals surface area contributed by atoms with Crippen molar-refractivity contribution in [2.45, 2.75) is 65.6 Å². The summed E-state index contributed by atoms with van der Waals surface area (Å²) in [5.74, 6) is -4.61. The summed E-state index contributed by atoms with van der Waals surface area (Å²) >= 11 is 0. The molecule has 0 saturated heterocycles. The molecule has 0 fully saturated rings. The van der Waals surface area contributed by atoms with E-state index in [1.807, 2.05) is 0 Å². The third kappa shape index (κ3) is 5.04. The van der Waals surface area contributed by atoms with Crippen LogP contribution < -0.4 is 0 Å². The van der Waals surface area contributed by atoms with Gasteiger partial charge in [0.15, 0.2) is 23.0 Å². The number of rotatable bonds is 9. The van der Waals surface area contributed by atoms with Crippen LogP contribution in [0.3, 0.4) is 0 Å². The van der Waals surface area contributed by atoms with Gasteiger partial charge in [-0.15, -0.1) is 0 Å². The molecule has 0 aromatic carbocycles. The molecule has 7 nitrogen and oxygen atoms in total. The summed E-state index contributed by atoms with van der Waals surface area (Å²) in [5, 5.41) is 30.5. The third-order valence-corrected chi connectivity index (χ3v) is 4.55. The van der Waals surface area contributed by atoms with Crippen molar-refractivity contribution < 1.29 is 34.7 Å². The minimum Gasteiger partial charge on any atom is -0.508 e. The van der Waals surface area contributed by atoms with Crippen LogP contribution in [0.25, 0.3) is 0 Å². The van der Waals surface area contributed by atoms with Crippen LogP contribution in [0, 0.1) is 11.8 Å². The number of carbonyl (C=O) groups excluding carboxylic acids is 3. The highest BCUT2D eigenvalue weighted by molar-refractivity contribution is 6.26. The molecule has 0 heterocycles. The molecule has 0 radical (unpaired) electrons. The van der Waals surface area contributed by atoms with Gasteiger partial charge in [0.25, 0.3) is 0 Å². The van der Waals surface area contributed by atoms with Crippen LogP contribution >= 0.6 is 0 Å². The normalized spacial score (nSPS) is 23.0. The predicted molar refractivity (Wildman–Crippen MR) is 104 cm³/mol. The van der Waals surface area contributed by atoms with Crippen molar-refractivity contribution in [2.75, 3.05) is 0 Å². The zero-order valence-corrected chi connectivity index (χ0v) is 17.3. The first-order valence-electron chi connectivity index (χ1n) is 9.21. The summed E-state index contributed by atoms with van der Waals surface area (Å²) in [6.45, 7) is 10.1. The standard InChI is InChI=1S/C21H30O7/c1-12(2)7-8-14-18(24)17(15(22)11-13(3)4)19(25)21(14,26)16(23)9-10-20(5,6)28-27/h7,9-10,13-14,25-27H,8,11H2,1-6H3/b10-9+/t14?,21-/m0/s1. The lowest BCUT2D eigenvalue weighted by Gasteiger charge is -2.26. The van der Waals surface area contributed by atoms with Crippen LogP contribution in [0.4, 0.5) is 0 Å². The number of allylic oxidation sites excluding steroid dienone is 3. The quantitative estimate of drug-likeness (QED) is 0.181. The molecule has 0 spiro atoms. The van der Waals surface area contributed by atoms with Gasteiger partial charge in [0.05, 0.1) is 5.92 Å². The predicted octanol–water partition coefficient (Wildman–Crippen LogP) is 3.09. The Balaban J connectivity index is 3.46. The molecule has 1 aliphatic rings. The fourth-order valence-corrected chi connectivity index (χ4v) is 2.93. The Hall–Kier alpha value is -2.09. The Bertz CT molecular complexity index is 736. The Kier molecular flexibility index (Phi) is 7.65. The van der Waals surface area contributed by atoms with Crippen LogP contribution in [-0.2, 0) is 19.3 Å². The van der Waals surface area contributed by atoms with E-state index < -0.39 is 45.8 Å². The van der Waals surface area contributed by atoms with Gasteiger partial charge in [-0.2, -0.15) is 0 Å². The van der Waals surface area contributed by atoms with Crippen molar-refractivity contribution in [3.63, 3.8) is 0 Å². The summed E-state index contributed by atoms with van der Waals surface area (Å²) in [6.07, 6.45) is 3.78. The Morgan fingerprint density at radius 3 is 2.32 bits per heavy atom. The minimum atomic E-state index is -2.55. The summed E-state index contributed by atoms with van der Waals surface area (Å²) in [5.41, 5.74) is -3.43. The molecule has 156 valence electrons. The van der Waals surface area contributed by atoms with Crippen LogP contribution in [0.2, 0.25) is 0 Å². The Labute approximate surface area is 165 Å². The van der Waals surface area contributed by atoms with Gasteiger partial charge in [0.2, 0.25) is 0 Å². The van der Waals surface area contributed by atoms with Gasteiger partial charge in [0.1, 0.15) is 16.9 Å². The summed E-state index contributed by atoms with van der Waals surface area (Å²) < 4.78 is 0. The van der Waals surface area contributed by atoms with Gasteiger partial charge < -0.3 is 10.2 Å². The van der Waals surface area contributed by atoms with Crippen molar-refractivity contribution in [1.82, 2.24) is 0 Å². The molecule has 7 heteroatoms. The zero-order chi connectivity index (χ0) is 21.9. The van der Waals surface area contributed by atoms with Crippen molar-refractivity contribution >= 4 is 17.3 Å². The Morgan fingerprint density at radius 1 is 1.29 bits per heavy atom. The number of aliphatic hydroxyl groups excluding tert-OH is 1. The summed E-state index contributed by atoms with van der Waals surface area (Å²) in [4.78, 5) is 42.3. The topological polar surface area (TPSA) is 121 Å². The van der Waals surface area contributed by atoms with E-state index in [1.54, 1.807) is 33.8 Å². The molecule has 0 saturated carbocycles. The lowest BCUT2D eigenvalue weighted by atomic mass is 9.81. The van der Waals surface area contributed by atoms with Crippen LogP contribution in [0.5, 0.6) is 0 Å². The van der Waals surface area contributed by atoms with Crippen LogP contribution in [0.15, 0.2) is 35.1 Å². The Morgan fingerprint density at radius 2 is 1.86 bits per heavy atom. The fraction of sp³-hybridized carbons (Fsp3) is 0.571. The van der Waals surface area contributed by atoms with Crippen LogP contribution in [0.1, 0.15) is 54.4 Å². The van der Waals surface area contributed by atoms with E-state index in [9.17, 15) is 24.6 Å². The zero-order valence-electron chi connectivity index (χ0n) is 17.3. The lowest BCUT2D eigenvalue weighted by Crippen LogP contribution is -2.46. The average molecular weight is 394 g/mol. The first-order valence-corrected chi connectivity index (χ1v) is 9.21. The van der Waals surface area contributed by atoms with Crippen molar-refractivity contribution in [3.05, 3.63) is 35.1 Å². The molecule has 0 aromatic heterocycles. The lowest BCUT2D eigenvalue weighted by molar-refractivity contribution is -0.297. The molecule has 28 heavy (non-hydrogen) atoms. The van der Waals surface area contributed by atoms with Crippen molar-refractivity contribution in [3.8, 4) is 0 Å². The average Bonchev–Trinajstić information content (AvgIpc) is 2.77. The minimum absolute atomic E-state index is 0.00594. The van der Waals surface area contributed by atoms with Gasteiger partial charge in [-0.1, -0.05) is 25.5 Å². The number of hydrogen-bond acceptors (Lipinski definition) is 7. The molecule has 1 aliphatic carbocycles. The SMILES string of the molecule is CC(C)=CCC1C(=O)C(C(=O)CC(C)C)=C(O)[C@@]1(O)C(=O)/C=C/C(C)(C)OO. The molecule has 0 amide bonds. The van der Waals surface area contributed by atoms with Gasteiger partial charge >= 0.3 is 0 Å². The molecular weight excluding hydrogens is 364 g/mol. The van der Waals surface area contributed by atoms with E-state index in [-0.39, 0.29) is 18.8 Å². The van der Waals surface area contributed by atoms with E-state index in [0.29, 0.717) is 0 Å². The highest BCUT2D eigenvalue weighted by Gasteiger charge is 2.58. The monoisotopic (exact) mass is 394 g/mol. The molecular formula is C21H30O7. The number of carbonyl (C=O) groups is 3. The third-order valence-electron chi connectivity index (χ3n) is 4.55. The number of Topliss-reactive ketones (excluding diaryl/α,β-unsaturated/α-hetero) is 2. The smallest absolute Gasteiger partial charge is 0.195 e. The van der Waals surface area contributed by atoms with Crippen LogP contribution in [-0.4, -0.2) is 44.0 Å².